The average molecular weight is 265 g/mol. The molecule has 4 N–H and O–H groups in total. The first-order valence-corrected chi connectivity index (χ1v) is 6.50. The zero-order valence-corrected chi connectivity index (χ0v) is 11.1. The van der Waals surface area contributed by atoms with E-state index in [0.29, 0.717) is 17.7 Å². The number of nitrogens with two attached hydrogens (primary N) is 1. The highest BCUT2D eigenvalue weighted by atomic mass is 19.1. The Labute approximate surface area is 112 Å². The van der Waals surface area contributed by atoms with Crippen molar-refractivity contribution in [3.8, 4) is 0 Å². The van der Waals surface area contributed by atoms with Crippen LogP contribution in [-0.4, -0.2) is 35.0 Å². The highest BCUT2D eigenvalue weighted by Gasteiger charge is 2.26. The van der Waals surface area contributed by atoms with E-state index >= 15 is 0 Å². The summed E-state index contributed by atoms with van der Waals surface area (Å²) in [5, 5.41) is 16.8. The topological polar surface area (TPSA) is 73.3 Å². The minimum Gasteiger partial charge on any atom is -0.393 e. The van der Waals surface area contributed by atoms with Gasteiger partial charge in [0.1, 0.15) is 11.7 Å². The number of benzene rings is 1. The summed E-state index contributed by atoms with van der Waals surface area (Å²) in [5.41, 5.74) is 6.34. The Morgan fingerprint density at radius 2 is 2.37 bits per heavy atom. The molecule has 2 atom stereocenters. The molecule has 0 saturated carbocycles. The van der Waals surface area contributed by atoms with Crippen LogP contribution in [0.15, 0.2) is 18.2 Å². The first-order valence-electron chi connectivity index (χ1n) is 6.50. The van der Waals surface area contributed by atoms with Crippen molar-refractivity contribution in [1.82, 2.24) is 4.90 Å². The molecule has 0 amide bonds. The molecule has 1 heterocycles. The van der Waals surface area contributed by atoms with Crippen molar-refractivity contribution in [2.45, 2.75) is 26.0 Å². The highest BCUT2D eigenvalue weighted by Crippen LogP contribution is 2.22. The van der Waals surface area contributed by atoms with Gasteiger partial charge in [-0.3, -0.25) is 10.3 Å². The Morgan fingerprint density at radius 1 is 1.63 bits per heavy atom. The van der Waals surface area contributed by atoms with Crippen molar-refractivity contribution in [1.29, 1.82) is 5.41 Å². The van der Waals surface area contributed by atoms with Crippen molar-refractivity contribution < 1.29 is 9.50 Å². The van der Waals surface area contributed by atoms with Crippen LogP contribution in [0.25, 0.3) is 0 Å². The van der Waals surface area contributed by atoms with Gasteiger partial charge >= 0.3 is 0 Å². The van der Waals surface area contributed by atoms with Gasteiger partial charge in [-0.05, 0) is 31.9 Å². The number of halogens is 1. The molecule has 0 aromatic heterocycles. The second-order valence-electron chi connectivity index (χ2n) is 5.24. The van der Waals surface area contributed by atoms with E-state index in [4.69, 9.17) is 11.1 Å². The quantitative estimate of drug-likeness (QED) is 0.567. The number of hydrogen-bond donors (Lipinski definition) is 3. The van der Waals surface area contributed by atoms with E-state index in [1.165, 1.54) is 6.07 Å². The van der Waals surface area contributed by atoms with E-state index in [1.807, 2.05) is 0 Å². The Kier molecular flexibility index (Phi) is 4.17. The lowest BCUT2D eigenvalue weighted by Gasteiger charge is -2.18. The zero-order chi connectivity index (χ0) is 14.0. The van der Waals surface area contributed by atoms with Crippen LogP contribution in [0.4, 0.5) is 4.39 Å². The SMILES string of the molecule is CC(O)C1CCN(Cc2ccc(C(=N)N)cc2F)C1. The van der Waals surface area contributed by atoms with Crippen molar-refractivity contribution >= 4 is 5.84 Å². The van der Waals surface area contributed by atoms with E-state index in [0.717, 1.165) is 19.5 Å². The van der Waals surface area contributed by atoms with E-state index in [-0.39, 0.29) is 23.7 Å². The minimum absolute atomic E-state index is 0.124. The highest BCUT2D eigenvalue weighted by molar-refractivity contribution is 5.94. The molecular formula is C14H20FN3O. The lowest BCUT2D eigenvalue weighted by Crippen LogP contribution is -2.24. The van der Waals surface area contributed by atoms with Gasteiger partial charge in [-0.1, -0.05) is 12.1 Å². The largest absolute Gasteiger partial charge is 0.393 e. The standard InChI is InChI=1S/C14H20FN3O/c1-9(19)11-4-5-18(7-11)8-12-3-2-10(14(16)17)6-13(12)15/h2-3,6,9,11,19H,4-5,7-8H2,1H3,(H3,16,17). The summed E-state index contributed by atoms with van der Waals surface area (Å²) in [5.74, 6) is -0.173. The number of aliphatic hydroxyl groups excluding tert-OH is 1. The normalized spacial score (nSPS) is 21.5. The van der Waals surface area contributed by atoms with Crippen LogP contribution in [-0.2, 0) is 6.54 Å². The average Bonchev–Trinajstić information content (AvgIpc) is 2.80. The Bertz CT molecular complexity index is 476. The van der Waals surface area contributed by atoms with Crippen LogP contribution in [0.3, 0.4) is 0 Å². The lowest BCUT2D eigenvalue weighted by molar-refractivity contribution is 0.127. The summed E-state index contributed by atoms with van der Waals surface area (Å²) >= 11 is 0. The summed E-state index contributed by atoms with van der Waals surface area (Å²) in [4.78, 5) is 2.14. The molecule has 4 nitrogen and oxygen atoms in total. The Hall–Kier alpha value is -1.46. The third kappa shape index (κ3) is 3.30. The molecule has 1 aliphatic rings. The molecule has 104 valence electrons. The number of hydrogen-bond acceptors (Lipinski definition) is 3. The molecule has 19 heavy (non-hydrogen) atoms. The van der Waals surface area contributed by atoms with Gasteiger partial charge < -0.3 is 10.8 Å². The van der Waals surface area contributed by atoms with Gasteiger partial charge in [-0.15, -0.1) is 0 Å². The van der Waals surface area contributed by atoms with Gasteiger partial charge in [0.2, 0.25) is 0 Å². The number of aliphatic hydroxyl groups is 1. The second-order valence-corrected chi connectivity index (χ2v) is 5.24. The first kappa shape index (κ1) is 14.0. The molecule has 0 aliphatic carbocycles. The van der Waals surface area contributed by atoms with Gasteiger partial charge in [-0.2, -0.15) is 0 Å². The number of rotatable bonds is 4. The molecule has 0 spiro atoms. The fourth-order valence-electron chi connectivity index (χ4n) is 2.48. The number of nitrogens with zero attached hydrogens (tertiary/aromatic N) is 1. The van der Waals surface area contributed by atoms with Crippen molar-refractivity contribution in [2.75, 3.05) is 13.1 Å². The molecule has 1 aromatic rings. The molecule has 1 aliphatic heterocycles. The molecule has 0 radical (unpaired) electrons. The molecule has 5 heteroatoms. The maximum absolute atomic E-state index is 13.9. The third-order valence-electron chi connectivity index (χ3n) is 3.75. The van der Waals surface area contributed by atoms with E-state index in [2.05, 4.69) is 4.90 Å². The number of nitrogen functional groups attached to an aromatic ring is 1. The predicted molar refractivity (Wildman–Crippen MR) is 72.5 cm³/mol. The van der Waals surface area contributed by atoms with Gasteiger partial charge in [0.05, 0.1) is 6.10 Å². The molecule has 2 unspecified atom stereocenters. The Balaban J connectivity index is 2.02. The molecular weight excluding hydrogens is 245 g/mol. The summed E-state index contributed by atoms with van der Waals surface area (Å²) < 4.78 is 13.9. The van der Waals surface area contributed by atoms with E-state index < -0.39 is 0 Å². The van der Waals surface area contributed by atoms with Crippen LogP contribution in [0.2, 0.25) is 0 Å². The van der Waals surface area contributed by atoms with Gasteiger partial charge in [-0.25, -0.2) is 4.39 Å². The molecule has 0 bridgehead atoms. The zero-order valence-electron chi connectivity index (χ0n) is 11.1. The maximum Gasteiger partial charge on any atom is 0.128 e. The molecule has 1 saturated heterocycles. The third-order valence-corrected chi connectivity index (χ3v) is 3.75. The first-order chi connectivity index (χ1) is 8.97. The van der Waals surface area contributed by atoms with Crippen LogP contribution in [0, 0.1) is 17.1 Å². The molecule has 1 fully saturated rings. The number of likely N-dealkylation sites (tertiary alicyclic amines) is 1. The van der Waals surface area contributed by atoms with Crippen LogP contribution in [0.1, 0.15) is 24.5 Å². The van der Waals surface area contributed by atoms with Crippen molar-refractivity contribution in [2.24, 2.45) is 11.7 Å². The second kappa shape index (κ2) is 5.67. The maximum atomic E-state index is 13.9. The van der Waals surface area contributed by atoms with Crippen LogP contribution >= 0.6 is 0 Å². The minimum atomic E-state index is -0.326. The van der Waals surface area contributed by atoms with Crippen LogP contribution < -0.4 is 5.73 Å². The van der Waals surface area contributed by atoms with E-state index in [9.17, 15) is 9.50 Å². The lowest BCUT2D eigenvalue weighted by atomic mass is 10.0. The fourth-order valence-corrected chi connectivity index (χ4v) is 2.48. The fraction of sp³-hybridized carbons (Fsp3) is 0.500. The van der Waals surface area contributed by atoms with Crippen LogP contribution in [0.5, 0.6) is 0 Å². The smallest absolute Gasteiger partial charge is 0.128 e. The van der Waals surface area contributed by atoms with Gasteiger partial charge in [0.25, 0.3) is 0 Å². The summed E-state index contributed by atoms with van der Waals surface area (Å²) in [6, 6.07) is 4.66. The summed E-state index contributed by atoms with van der Waals surface area (Å²) in [6.45, 7) is 4.01. The van der Waals surface area contributed by atoms with Crippen molar-refractivity contribution in [3.05, 3.63) is 35.1 Å². The van der Waals surface area contributed by atoms with Crippen molar-refractivity contribution in [3.63, 3.8) is 0 Å². The van der Waals surface area contributed by atoms with Gasteiger partial charge in [0, 0.05) is 24.2 Å². The predicted octanol–water partition coefficient (Wildman–Crippen LogP) is 1.31. The summed E-state index contributed by atoms with van der Waals surface area (Å²) in [7, 11) is 0. The summed E-state index contributed by atoms with van der Waals surface area (Å²) in [6.07, 6.45) is 0.639. The number of nitrogens with one attached hydrogen (secondary N) is 1. The Morgan fingerprint density at radius 3 is 2.89 bits per heavy atom. The van der Waals surface area contributed by atoms with E-state index in [1.54, 1.807) is 19.1 Å². The number of amidine groups is 1. The monoisotopic (exact) mass is 265 g/mol. The molecule has 1 aromatic carbocycles. The molecule has 2 rings (SSSR count). The van der Waals surface area contributed by atoms with Gasteiger partial charge in [0.15, 0.2) is 0 Å².